The van der Waals surface area contributed by atoms with Crippen LogP contribution in [0.2, 0.25) is 10.0 Å². The van der Waals surface area contributed by atoms with Gasteiger partial charge in [0.1, 0.15) is 5.82 Å². The van der Waals surface area contributed by atoms with E-state index in [1.54, 1.807) is 18.2 Å². The Labute approximate surface area is 135 Å². The molecule has 1 N–H and O–H groups in total. The molecule has 0 bridgehead atoms. The standard InChI is InChI=1S/C17H18Cl2FN/c1-10-6-13(20)7-11(2)17(10)16(21-3)9-12-4-5-14(18)15(19)8-12/h4-8,16,21H,9H2,1-3H3. The molecule has 1 unspecified atom stereocenters. The molecule has 112 valence electrons. The Morgan fingerprint density at radius 1 is 1.05 bits per heavy atom. The van der Waals surface area contributed by atoms with E-state index < -0.39 is 0 Å². The molecular weight excluding hydrogens is 308 g/mol. The molecular formula is C17H18Cl2FN. The van der Waals surface area contributed by atoms with Gasteiger partial charge in [0.25, 0.3) is 0 Å². The lowest BCUT2D eigenvalue weighted by Gasteiger charge is -2.21. The van der Waals surface area contributed by atoms with Gasteiger partial charge in [-0.15, -0.1) is 0 Å². The molecule has 0 aliphatic carbocycles. The van der Waals surface area contributed by atoms with Crippen LogP contribution in [0.15, 0.2) is 30.3 Å². The highest BCUT2D eigenvalue weighted by atomic mass is 35.5. The summed E-state index contributed by atoms with van der Waals surface area (Å²) < 4.78 is 13.4. The van der Waals surface area contributed by atoms with E-state index in [-0.39, 0.29) is 11.9 Å². The molecule has 0 aromatic heterocycles. The Balaban J connectivity index is 2.34. The lowest BCUT2D eigenvalue weighted by molar-refractivity contribution is 0.578. The molecule has 1 atom stereocenters. The van der Waals surface area contributed by atoms with Gasteiger partial charge in [-0.2, -0.15) is 0 Å². The van der Waals surface area contributed by atoms with E-state index in [1.165, 1.54) is 0 Å². The number of aryl methyl sites for hydroxylation is 2. The topological polar surface area (TPSA) is 12.0 Å². The fourth-order valence-corrected chi connectivity index (χ4v) is 3.04. The van der Waals surface area contributed by atoms with Gasteiger partial charge in [-0.25, -0.2) is 4.39 Å². The maximum absolute atomic E-state index is 13.4. The highest BCUT2D eigenvalue weighted by Crippen LogP contribution is 2.28. The van der Waals surface area contributed by atoms with Gasteiger partial charge >= 0.3 is 0 Å². The van der Waals surface area contributed by atoms with E-state index in [1.807, 2.05) is 33.0 Å². The van der Waals surface area contributed by atoms with Gasteiger partial charge in [0, 0.05) is 6.04 Å². The molecule has 0 aliphatic heterocycles. The van der Waals surface area contributed by atoms with Crippen molar-refractivity contribution in [1.29, 1.82) is 0 Å². The normalized spacial score (nSPS) is 12.5. The first-order valence-corrected chi connectivity index (χ1v) is 7.55. The van der Waals surface area contributed by atoms with Gasteiger partial charge in [0.05, 0.1) is 10.0 Å². The minimum Gasteiger partial charge on any atom is -0.313 e. The van der Waals surface area contributed by atoms with Crippen molar-refractivity contribution in [3.8, 4) is 0 Å². The minimum atomic E-state index is -0.196. The van der Waals surface area contributed by atoms with Crippen LogP contribution in [0.3, 0.4) is 0 Å². The van der Waals surface area contributed by atoms with E-state index in [2.05, 4.69) is 5.32 Å². The van der Waals surface area contributed by atoms with E-state index in [0.717, 1.165) is 28.7 Å². The van der Waals surface area contributed by atoms with Crippen LogP contribution in [0.1, 0.15) is 28.3 Å². The molecule has 0 saturated carbocycles. The van der Waals surface area contributed by atoms with Gasteiger partial charge in [-0.3, -0.25) is 0 Å². The van der Waals surface area contributed by atoms with Crippen molar-refractivity contribution < 1.29 is 4.39 Å². The first kappa shape index (κ1) is 16.3. The monoisotopic (exact) mass is 325 g/mol. The quantitative estimate of drug-likeness (QED) is 0.809. The van der Waals surface area contributed by atoms with Crippen molar-refractivity contribution in [2.75, 3.05) is 7.05 Å². The zero-order valence-electron chi connectivity index (χ0n) is 12.3. The third-order valence-electron chi connectivity index (χ3n) is 3.68. The lowest BCUT2D eigenvalue weighted by atomic mass is 9.91. The van der Waals surface area contributed by atoms with Gasteiger partial charge in [0.2, 0.25) is 0 Å². The zero-order valence-corrected chi connectivity index (χ0v) is 13.8. The molecule has 2 rings (SSSR count). The van der Waals surface area contributed by atoms with Crippen molar-refractivity contribution >= 4 is 23.2 Å². The molecule has 4 heteroatoms. The number of rotatable bonds is 4. The molecule has 0 saturated heterocycles. The lowest BCUT2D eigenvalue weighted by Crippen LogP contribution is -2.21. The summed E-state index contributed by atoms with van der Waals surface area (Å²) in [5.74, 6) is -0.196. The number of likely N-dealkylation sites (N-methyl/N-ethyl adjacent to an activating group) is 1. The molecule has 21 heavy (non-hydrogen) atoms. The van der Waals surface area contributed by atoms with Crippen LogP contribution < -0.4 is 5.32 Å². The van der Waals surface area contributed by atoms with Gasteiger partial charge in [-0.1, -0.05) is 29.3 Å². The van der Waals surface area contributed by atoms with Crippen molar-refractivity contribution in [1.82, 2.24) is 5.32 Å². The third-order valence-corrected chi connectivity index (χ3v) is 4.42. The fourth-order valence-electron chi connectivity index (χ4n) is 2.72. The summed E-state index contributed by atoms with van der Waals surface area (Å²) >= 11 is 12.0. The second-order valence-corrected chi connectivity index (χ2v) is 6.06. The molecule has 0 radical (unpaired) electrons. The smallest absolute Gasteiger partial charge is 0.123 e. The van der Waals surface area contributed by atoms with Gasteiger partial charge in [-0.05, 0) is 73.8 Å². The summed E-state index contributed by atoms with van der Waals surface area (Å²) in [7, 11) is 1.91. The number of hydrogen-bond acceptors (Lipinski definition) is 1. The van der Waals surface area contributed by atoms with Crippen LogP contribution >= 0.6 is 23.2 Å². The second-order valence-electron chi connectivity index (χ2n) is 5.25. The maximum atomic E-state index is 13.4. The molecule has 0 amide bonds. The number of nitrogens with one attached hydrogen (secondary N) is 1. The first-order chi connectivity index (χ1) is 9.92. The molecule has 0 aliphatic rings. The Morgan fingerprint density at radius 3 is 2.19 bits per heavy atom. The van der Waals surface area contributed by atoms with E-state index >= 15 is 0 Å². The average molecular weight is 326 g/mol. The molecule has 1 nitrogen and oxygen atoms in total. The van der Waals surface area contributed by atoms with Crippen LogP contribution in [0.4, 0.5) is 4.39 Å². The second kappa shape index (κ2) is 6.78. The van der Waals surface area contributed by atoms with E-state index in [0.29, 0.717) is 10.0 Å². The minimum absolute atomic E-state index is 0.0999. The zero-order chi connectivity index (χ0) is 15.6. The summed E-state index contributed by atoms with van der Waals surface area (Å²) in [6.45, 7) is 3.87. The van der Waals surface area contributed by atoms with Crippen LogP contribution in [0.5, 0.6) is 0 Å². The summed E-state index contributed by atoms with van der Waals surface area (Å²) in [5, 5.41) is 4.41. The maximum Gasteiger partial charge on any atom is 0.123 e. The van der Waals surface area contributed by atoms with Gasteiger partial charge < -0.3 is 5.32 Å². The van der Waals surface area contributed by atoms with E-state index in [4.69, 9.17) is 23.2 Å². The first-order valence-electron chi connectivity index (χ1n) is 6.80. The van der Waals surface area contributed by atoms with Crippen LogP contribution in [-0.4, -0.2) is 7.05 Å². The molecule has 0 spiro atoms. The molecule has 0 fully saturated rings. The van der Waals surface area contributed by atoms with Crippen molar-refractivity contribution in [2.24, 2.45) is 0 Å². The Morgan fingerprint density at radius 2 is 1.67 bits per heavy atom. The van der Waals surface area contributed by atoms with Gasteiger partial charge in [0.15, 0.2) is 0 Å². The number of halogens is 3. The van der Waals surface area contributed by atoms with Crippen LogP contribution in [0.25, 0.3) is 0 Å². The van der Waals surface area contributed by atoms with Crippen molar-refractivity contribution in [3.63, 3.8) is 0 Å². The average Bonchev–Trinajstić information content (AvgIpc) is 2.40. The Hall–Kier alpha value is -1.09. The molecule has 2 aromatic carbocycles. The summed E-state index contributed by atoms with van der Waals surface area (Å²) in [4.78, 5) is 0. The van der Waals surface area contributed by atoms with Crippen LogP contribution in [-0.2, 0) is 6.42 Å². The summed E-state index contributed by atoms with van der Waals surface area (Å²) in [6, 6.07) is 8.89. The SMILES string of the molecule is CNC(Cc1ccc(Cl)c(Cl)c1)c1c(C)cc(F)cc1C. The summed E-state index contributed by atoms with van der Waals surface area (Å²) in [6.07, 6.45) is 0.765. The van der Waals surface area contributed by atoms with Crippen molar-refractivity contribution in [2.45, 2.75) is 26.3 Å². The molecule has 0 heterocycles. The fraction of sp³-hybridized carbons (Fsp3) is 0.294. The Kier molecular flexibility index (Phi) is 5.26. The highest BCUT2D eigenvalue weighted by Gasteiger charge is 2.16. The third kappa shape index (κ3) is 3.76. The number of hydrogen-bond donors (Lipinski definition) is 1. The Bertz CT molecular complexity index is 632. The van der Waals surface area contributed by atoms with Crippen molar-refractivity contribution in [3.05, 3.63) is 68.4 Å². The predicted molar refractivity (Wildman–Crippen MR) is 87.8 cm³/mol. The van der Waals surface area contributed by atoms with E-state index in [9.17, 15) is 4.39 Å². The molecule has 2 aromatic rings. The highest BCUT2D eigenvalue weighted by molar-refractivity contribution is 6.42. The number of benzene rings is 2. The summed E-state index contributed by atoms with van der Waals surface area (Å²) in [5.41, 5.74) is 4.12. The van der Waals surface area contributed by atoms with Crippen LogP contribution in [0, 0.1) is 19.7 Å². The largest absolute Gasteiger partial charge is 0.313 e. The predicted octanol–water partition coefficient (Wildman–Crippen LogP) is 5.25.